The molecule has 0 saturated carbocycles. The average Bonchev–Trinajstić information content (AvgIpc) is 2.25. The van der Waals surface area contributed by atoms with Gasteiger partial charge in [-0.1, -0.05) is 23.2 Å². The highest BCUT2D eigenvalue weighted by Crippen LogP contribution is 2.24. The van der Waals surface area contributed by atoms with E-state index in [9.17, 15) is 4.79 Å². The van der Waals surface area contributed by atoms with Gasteiger partial charge < -0.3 is 10.2 Å². The van der Waals surface area contributed by atoms with Crippen LogP contribution in [0.5, 0.6) is 0 Å². The van der Waals surface area contributed by atoms with E-state index in [0.29, 0.717) is 15.7 Å². The zero-order valence-corrected chi connectivity index (χ0v) is 11.2. The average molecular weight is 298 g/mol. The summed E-state index contributed by atoms with van der Waals surface area (Å²) >= 11 is 17.5. The lowest BCUT2D eigenvalue weighted by atomic mass is 10.3. The van der Waals surface area contributed by atoms with Crippen molar-refractivity contribution in [3.8, 4) is 0 Å². The van der Waals surface area contributed by atoms with E-state index in [1.165, 1.54) is 6.92 Å². The normalized spacial score (nSPS) is 12.0. The molecule has 0 amide bonds. The maximum atomic E-state index is 10.5. The van der Waals surface area contributed by atoms with Gasteiger partial charge in [0.15, 0.2) is 0 Å². The lowest BCUT2D eigenvalue weighted by Gasteiger charge is -2.14. The Morgan fingerprint density at radius 3 is 2.76 bits per heavy atom. The van der Waals surface area contributed by atoms with Gasteiger partial charge in [0.2, 0.25) is 0 Å². The highest BCUT2D eigenvalue weighted by atomic mass is 35.5. The lowest BCUT2D eigenvalue weighted by Crippen LogP contribution is -2.33. The minimum Gasteiger partial charge on any atom is -0.463 e. The maximum absolute atomic E-state index is 10.5. The number of carbonyl (C=O) groups excluding carboxylic acids is 1. The topological polar surface area (TPSA) is 50.4 Å². The highest BCUT2D eigenvalue weighted by Gasteiger charge is 2.07. The quantitative estimate of drug-likeness (QED) is 0.380. The number of carbonyl (C=O) groups is 1. The first-order valence-electron chi connectivity index (χ1n) is 4.73. The van der Waals surface area contributed by atoms with Crippen molar-refractivity contribution in [3.05, 3.63) is 28.2 Å². The third-order valence-corrected chi connectivity index (χ3v) is 2.51. The fraction of sp³-hybridized carbons (Fsp3) is 0.300. The van der Waals surface area contributed by atoms with Crippen LogP contribution in [0.3, 0.4) is 0 Å². The Morgan fingerprint density at radius 2 is 2.18 bits per heavy atom. The third-order valence-electron chi connectivity index (χ3n) is 1.73. The van der Waals surface area contributed by atoms with Gasteiger partial charge in [0.1, 0.15) is 12.1 Å². The van der Waals surface area contributed by atoms with Gasteiger partial charge in [-0.2, -0.15) is 0 Å². The second-order valence-electron chi connectivity index (χ2n) is 3.16. The van der Waals surface area contributed by atoms with Gasteiger partial charge in [-0.3, -0.25) is 4.79 Å². The van der Waals surface area contributed by atoms with Crippen LogP contribution in [0.4, 0.5) is 5.69 Å². The molecule has 0 bridgehead atoms. The fourth-order valence-electron chi connectivity index (χ4n) is 0.979. The Labute approximate surface area is 114 Å². The molecule has 1 aromatic carbocycles. The summed E-state index contributed by atoms with van der Waals surface area (Å²) in [6.45, 7) is 1.36. The van der Waals surface area contributed by atoms with Gasteiger partial charge in [-0.25, -0.2) is 5.43 Å². The third kappa shape index (κ3) is 5.46. The van der Waals surface area contributed by atoms with Crippen molar-refractivity contribution in [1.82, 2.24) is 5.43 Å². The molecule has 1 unspecified atom stereocenters. The van der Waals surface area contributed by atoms with Crippen LogP contribution in [0.2, 0.25) is 10.0 Å². The number of hydrogen-bond donors (Lipinski definition) is 2. The van der Waals surface area contributed by atoms with E-state index in [4.69, 9.17) is 39.5 Å². The molecule has 0 aliphatic rings. The number of anilines is 1. The van der Waals surface area contributed by atoms with Crippen LogP contribution in [-0.4, -0.2) is 18.1 Å². The van der Waals surface area contributed by atoms with E-state index < -0.39 is 5.50 Å². The summed E-state index contributed by atoms with van der Waals surface area (Å²) in [5.41, 5.74) is 5.59. The van der Waals surface area contributed by atoms with Gasteiger partial charge >= 0.3 is 5.97 Å². The number of ether oxygens (including phenoxy) is 1. The molecule has 1 atom stereocenters. The lowest BCUT2D eigenvalue weighted by molar-refractivity contribution is -0.141. The number of nitrogens with one attached hydrogen (secondary N) is 2. The molecule has 17 heavy (non-hydrogen) atoms. The molecule has 1 rings (SSSR count). The van der Waals surface area contributed by atoms with E-state index in [1.54, 1.807) is 18.2 Å². The standard InChI is InChI=1S/C10H11Cl3N2O2/c1-6(16)17-5-10(13)15-14-9-3-2-7(11)4-8(9)12/h2-4,10,14-15H,5H2,1H3. The van der Waals surface area contributed by atoms with Gasteiger partial charge in [0.05, 0.1) is 10.7 Å². The summed E-state index contributed by atoms with van der Waals surface area (Å²) in [4.78, 5) is 10.5. The maximum Gasteiger partial charge on any atom is 0.302 e. The van der Waals surface area contributed by atoms with E-state index >= 15 is 0 Å². The van der Waals surface area contributed by atoms with E-state index in [1.807, 2.05) is 0 Å². The molecular weight excluding hydrogens is 286 g/mol. The molecule has 0 fully saturated rings. The zero-order chi connectivity index (χ0) is 12.8. The number of benzene rings is 1. The summed E-state index contributed by atoms with van der Waals surface area (Å²) in [7, 11) is 0. The Bertz CT molecular complexity index is 401. The van der Waals surface area contributed by atoms with Crippen LogP contribution in [0, 0.1) is 0 Å². The number of hydrazine groups is 1. The van der Waals surface area contributed by atoms with Crippen molar-refractivity contribution in [2.24, 2.45) is 0 Å². The van der Waals surface area contributed by atoms with Gasteiger partial charge in [0.25, 0.3) is 0 Å². The Morgan fingerprint density at radius 1 is 1.47 bits per heavy atom. The van der Waals surface area contributed by atoms with Crippen molar-refractivity contribution in [1.29, 1.82) is 0 Å². The molecule has 0 aliphatic heterocycles. The predicted octanol–water partition coefficient (Wildman–Crippen LogP) is 3.04. The van der Waals surface area contributed by atoms with Crippen LogP contribution in [-0.2, 0) is 9.53 Å². The molecule has 0 saturated heterocycles. The molecular formula is C10H11Cl3N2O2. The highest BCUT2D eigenvalue weighted by molar-refractivity contribution is 6.36. The largest absolute Gasteiger partial charge is 0.463 e. The van der Waals surface area contributed by atoms with Gasteiger partial charge in [-0.15, -0.1) is 11.6 Å². The van der Waals surface area contributed by atoms with Gasteiger partial charge in [-0.05, 0) is 18.2 Å². The molecule has 1 aromatic rings. The van der Waals surface area contributed by atoms with Crippen molar-refractivity contribution in [2.45, 2.75) is 12.4 Å². The first-order chi connectivity index (χ1) is 7.99. The summed E-state index contributed by atoms with van der Waals surface area (Å²) < 4.78 is 4.71. The molecule has 0 aromatic heterocycles. The molecule has 0 heterocycles. The van der Waals surface area contributed by atoms with Crippen molar-refractivity contribution in [3.63, 3.8) is 0 Å². The van der Waals surface area contributed by atoms with Crippen LogP contribution in [0.25, 0.3) is 0 Å². The molecule has 0 spiro atoms. The summed E-state index contributed by atoms with van der Waals surface area (Å²) in [6.07, 6.45) is 0. The molecule has 7 heteroatoms. The van der Waals surface area contributed by atoms with E-state index in [2.05, 4.69) is 10.9 Å². The number of rotatable bonds is 5. The fourth-order valence-corrected chi connectivity index (χ4v) is 1.55. The summed E-state index contributed by atoms with van der Waals surface area (Å²) in [6, 6.07) is 4.99. The van der Waals surface area contributed by atoms with Crippen molar-refractivity contribution < 1.29 is 9.53 Å². The molecule has 94 valence electrons. The van der Waals surface area contributed by atoms with Crippen molar-refractivity contribution in [2.75, 3.05) is 12.0 Å². The van der Waals surface area contributed by atoms with E-state index in [-0.39, 0.29) is 12.6 Å². The second kappa shape index (κ2) is 6.91. The predicted molar refractivity (Wildman–Crippen MR) is 69.5 cm³/mol. The van der Waals surface area contributed by atoms with Crippen LogP contribution < -0.4 is 10.9 Å². The van der Waals surface area contributed by atoms with Crippen LogP contribution >= 0.6 is 34.8 Å². The number of esters is 1. The zero-order valence-electron chi connectivity index (χ0n) is 8.97. The van der Waals surface area contributed by atoms with Crippen LogP contribution in [0.1, 0.15) is 6.92 Å². The van der Waals surface area contributed by atoms with Crippen LogP contribution in [0.15, 0.2) is 18.2 Å². The molecule has 0 aliphatic carbocycles. The minimum absolute atomic E-state index is 0.0507. The second-order valence-corrected chi connectivity index (χ2v) is 4.53. The minimum atomic E-state index is -0.564. The summed E-state index contributed by atoms with van der Waals surface area (Å²) in [5.74, 6) is -0.387. The molecule has 0 radical (unpaired) electrons. The Hall–Kier alpha value is -0.680. The van der Waals surface area contributed by atoms with E-state index in [0.717, 1.165) is 0 Å². The van der Waals surface area contributed by atoms with Gasteiger partial charge in [0, 0.05) is 11.9 Å². The monoisotopic (exact) mass is 296 g/mol. The first-order valence-corrected chi connectivity index (χ1v) is 5.92. The smallest absolute Gasteiger partial charge is 0.302 e. The Balaban J connectivity index is 2.41. The Kier molecular flexibility index (Phi) is 5.85. The summed E-state index contributed by atoms with van der Waals surface area (Å²) in [5, 5.41) is 1.00. The number of alkyl halides is 1. The first kappa shape index (κ1) is 14.4. The number of halogens is 3. The van der Waals surface area contributed by atoms with Crippen molar-refractivity contribution >= 4 is 46.5 Å². The molecule has 4 nitrogen and oxygen atoms in total. The SMILES string of the molecule is CC(=O)OCC(Cl)NNc1ccc(Cl)cc1Cl. The number of hydrogen-bond acceptors (Lipinski definition) is 4. The molecule has 2 N–H and O–H groups in total.